The zero-order valence-corrected chi connectivity index (χ0v) is 21.1. The van der Waals surface area contributed by atoms with Crippen molar-refractivity contribution in [2.24, 2.45) is 11.7 Å². The van der Waals surface area contributed by atoms with Gasteiger partial charge in [0.05, 0.1) is 0 Å². The second kappa shape index (κ2) is 14.8. The molecule has 33 heavy (non-hydrogen) atoms. The van der Waals surface area contributed by atoms with Gasteiger partial charge >= 0.3 is 0 Å². The standard InChI is InChI=1S/C23H31N.C7H11NO/c1-17(2)13-21-14-20(15-23(16-21)19(4)24-5)10-8-12-22-11-7-6-9-18(22)3;1-3-4-7(5-8)6(2)9/h6-7,9,11,14-17,24H,4,8,10,12-13H2,1-3,5H3;3-5,9H,2,8H2,1H3/b;4-3-,7-5+. The van der Waals surface area contributed by atoms with E-state index in [1.807, 2.05) is 14.0 Å². The van der Waals surface area contributed by atoms with Crippen LogP contribution in [0, 0.1) is 12.8 Å². The van der Waals surface area contributed by atoms with Crippen molar-refractivity contribution >= 4 is 5.70 Å². The number of nitrogens with one attached hydrogen (secondary N) is 1. The summed E-state index contributed by atoms with van der Waals surface area (Å²) >= 11 is 0. The van der Waals surface area contributed by atoms with Gasteiger partial charge in [-0.2, -0.15) is 0 Å². The lowest BCUT2D eigenvalue weighted by atomic mass is 9.94. The minimum absolute atomic E-state index is 0.00407. The molecule has 2 aromatic rings. The Bertz CT molecular complexity index is 967. The molecule has 0 bridgehead atoms. The van der Waals surface area contributed by atoms with E-state index in [9.17, 15) is 0 Å². The quantitative estimate of drug-likeness (QED) is 0.271. The van der Waals surface area contributed by atoms with E-state index in [-0.39, 0.29) is 5.76 Å². The second-order valence-electron chi connectivity index (χ2n) is 8.71. The Labute approximate surface area is 201 Å². The number of benzene rings is 2. The predicted molar refractivity (Wildman–Crippen MR) is 145 cm³/mol. The van der Waals surface area contributed by atoms with Gasteiger partial charge in [-0.15, -0.1) is 0 Å². The molecule has 0 atom stereocenters. The van der Waals surface area contributed by atoms with Crippen molar-refractivity contribution in [1.82, 2.24) is 5.32 Å². The van der Waals surface area contributed by atoms with Crippen LogP contribution in [0.1, 0.15) is 55.0 Å². The summed E-state index contributed by atoms with van der Waals surface area (Å²) in [5, 5.41) is 11.9. The molecule has 4 N–H and O–H groups in total. The van der Waals surface area contributed by atoms with Crippen LogP contribution in [0.2, 0.25) is 0 Å². The molecule has 0 saturated carbocycles. The Morgan fingerprint density at radius 1 is 1.09 bits per heavy atom. The van der Waals surface area contributed by atoms with Gasteiger partial charge in [-0.1, -0.05) is 69.5 Å². The first-order chi connectivity index (χ1) is 15.7. The van der Waals surface area contributed by atoms with Crippen molar-refractivity contribution in [3.8, 4) is 0 Å². The fraction of sp³-hybridized carbons (Fsp3) is 0.333. The molecule has 2 aromatic carbocycles. The molecular formula is C30H42N2O. The number of nitrogens with two attached hydrogens (primary N) is 1. The number of hydrogen-bond acceptors (Lipinski definition) is 3. The van der Waals surface area contributed by atoms with Gasteiger partial charge in [0.1, 0.15) is 5.76 Å². The summed E-state index contributed by atoms with van der Waals surface area (Å²) in [5.41, 5.74) is 13.6. The number of rotatable bonds is 10. The SMILES string of the molecule is C=C(NC)c1cc(CCCc2ccccc2C)cc(CC(C)C)c1.C=C(O)C(/C=C\C)=C/N. The summed E-state index contributed by atoms with van der Waals surface area (Å²) < 4.78 is 0. The van der Waals surface area contributed by atoms with Gasteiger partial charge in [0, 0.05) is 24.5 Å². The molecule has 0 aliphatic carbocycles. The predicted octanol–water partition coefficient (Wildman–Crippen LogP) is 7.04. The third-order valence-corrected chi connectivity index (χ3v) is 5.38. The largest absolute Gasteiger partial charge is 0.508 e. The van der Waals surface area contributed by atoms with E-state index >= 15 is 0 Å². The molecule has 0 radical (unpaired) electrons. The third kappa shape index (κ3) is 10.3. The number of aliphatic hydroxyl groups excluding tert-OH is 1. The molecule has 178 valence electrons. The molecule has 0 amide bonds. The lowest BCUT2D eigenvalue weighted by Gasteiger charge is -2.13. The number of hydrogen-bond donors (Lipinski definition) is 3. The molecule has 0 aliphatic rings. The van der Waals surface area contributed by atoms with Gasteiger partial charge in [0.15, 0.2) is 0 Å². The Balaban J connectivity index is 0.000000513. The van der Waals surface area contributed by atoms with Crippen molar-refractivity contribution in [1.29, 1.82) is 0 Å². The maximum absolute atomic E-state index is 8.75. The van der Waals surface area contributed by atoms with Crippen molar-refractivity contribution < 1.29 is 5.11 Å². The molecule has 0 aromatic heterocycles. The molecular weight excluding hydrogens is 404 g/mol. The van der Waals surface area contributed by atoms with Gasteiger partial charge in [-0.3, -0.25) is 0 Å². The molecule has 0 fully saturated rings. The van der Waals surface area contributed by atoms with E-state index in [2.05, 4.69) is 81.7 Å². The minimum atomic E-state index is -0.00407. The number of aliphatic hydroxyl groups is 1. The van der Waals surface area contributed by atoms with Crippen molar-refractivity contribution in [3.63, 3.8) is 0 Å². The summed E-state index contributed by atoms with van der Waals surface area (Å²) in [5.74, 6) is 0.665. The van der Waals surface area contributed by atoms with Crippen LogP contribution >= 0.6 is 0 Å². The maximum Gasteiger partial charge on any atom is 0.117 e. The first-order valence-electron chi connectivity index (χ1n) is 11.7. The molecule has 0 unspecified atom stereocenters. The highest BCUT2D eigenvalue weighted by molar-refractivity contribution is 5.63. The number of allylic oxidation sites excluding steroid dienone is 2. The molecule has 0 spiro atoms. The Morgan fingerprint density at radius 3 is 2.27 bits per heavy atom. The summed E-state index contributed by atoms with van der Waals surface area (Å²) in [4.78, 5) is 0. The highest BCUT2D eigenvalue weighted by Gasteiger charge is 2.06. The maximum atomic E-state index is 8.75. The molecule has 2 rings (SSSR count). The zero-order valence-electron chi connectivity index (χ0n) is 21.1. The monoisotopic (exact) mass is 446 g/mol. The summed E-state index contributed by atoms with van der Waals surface area (Å²) in [6.07, 6.45) is 9.33. The van der Waals surface area contributed by atoms with Crippen LogP contribution in [0.5, 0.6) is 0 Å². The highest BCUT2D eigenvalue weighted by atomic mass is 16.3. The Morgan fingerprint density at radius 2 is 1.76 bits per heavy atom. The average molecular weight is 447 g/mol. The Hall–Kier alpha value is -3.20. The van der Waals surface area contributed by atoms with E-state index < -0.39 is 0 Å². The number of aryl methyl sites for hydroxylation is 3. The van der Waals surface area contributed by atoms with Crippen molar-refractivity contribution in [3.05, 3.63) is 113 Å². The first-order valence-corrected chi connectivity index (χ1v) is 11.7. The van der Waals surface area contributed by atoms with Crippen LogP contribution < -0.4 is 11.1 Å². The topological polar surface area (TPSA) is 58.3 Å². The third-order valence-electron chi connectivity index (χ3n) is 5.38. The highest BCUT2D eigenvalue weighted by Crippen LogP contribution is 2.20. The van der Waals surface area contributed by atoms with Crippen LogP contribution in [-0.4, -0.2) is 12.2 Å². The van der Waals surface area contributed by atoms with E-state index in [4.69, 9.17) is 10.8 Å². The fourth-order valence-corrected chi connectivity index (χ4v) is 3.62. The van der Waals surface area contributed by atoms with Gasteiger partial charge in [-0.05, 0) is 85.4 Å². The lowest BCUT2D eigenvalue weighted by molar-refractivity contribution is 0.429. The molecule has 3 heteroatoms. The van der Waals surface area contributed by atoms with Gasteiger partial charge in [0.2, 0.25) is 0 Å². The van der Waals surface area contributed by atoms with Crippen LogP contribution in [0.15, 0.2) is 85.3 Å². The van der Waals surface area contributed by atoms with E-state index in [0.717, 1.165) is 25.0 Å². The van der Waals surface area contributed by atoms with Gasteiger partial charge in [-0.25, -0.2) is 0 Å². The summed E-state index contributed by atoms with van der Waals surface area (Å²) in [7, 11) is 1.94. The fourth-order valence-electron chi connectivity index (χ4n) is 3.62. The van der Waals surface area contributed by atoms with Crippen molar-refractivity contribution in [2.45, 2.75) is 53.4 Å². The molecule has 0 heterocycles. The second-order valence-corrected chi connectivity index (χ2v) is 8.71. The normalized spacial score (nSPS) is 11.3. The lowest BCUT2D eigenvalue weighted by Crippen LogP contribution is -2.05. The summed E-state index contributed by atoms with van der Waals surface area (Å²) in [6.45, 7) is 16.0. The smallest absolute Gasteiger partial charge is 0.117 e. The van der Waals surface area contributed by atoms with Gasteiger partial charge < -0.3 is 16.2 Å². The summed E-state index contributed by atoms with van der Waals surface area (Å²) in [6, 6.07) is 15.7. The molecule has 0 aliphatic heterocycles. The van der Waals surface area contributed by atoms with E-state index in [1.165, 1.54) is 40.4 Å². The molecule has 3 nitrogen and oxygen atoms in total. The Kier molecular flexibility index (Phi) is 12.5. The van der Waals surface area contributed by atoms with Crippen LogP contribution in [0.4, 0.5) is 0 Å². The van der Waals surface area contributed by atoms with Gasteiger partial charge in [0.25, 0.3) is 0 Å². The van der Waals surface area contributed by atoms with Crippen LogP contribution in [-0.2, 0) is 19.3 Å². The molecule has 0 saturated heterocycles. The first kappa shape index (κ1) is 27.8. The van der Waals surface area contributed by atoms with Crippen LogP contribution in [0.25, 0.3) is 5.70 Å². The van der Waals surface area contributed by atoms with Crippen molar-refractivity contribution in [2.75, 3.05) is 7.05 Å². The average Bonchev–Trinajstić information content (AvgIpc) is 2.77. The van der Waals surface area contributed by atoms with E-state index in [0.29, 0.717) is 11.5 Å². The minimum Gasteiger partial charge on any atom is -0.508 e. The zero-order chi connectivity index (χ0) is 24.8. The van der Waals surface area contributed by atoms with E-state index in [1.54, 1.807) is 12.2 Å². The van der Waals surface area contributed by atoms with Crippen LogP contribution in [0.3, 0.4) is 0 Å².